The Labute approximate surface area is 190 Å². The van der Waals surface area contributed by atoms with Crippen molar-refractivity contribution in [3.63, 3.8) is 0 Å². The molecule has 2 N–H and O–H groups in total. The van der Waals surface area contributed by atoms with Gasteiger partial charge in [-0.15, -0.1) is 0 Å². The molecule has 1 aliphatic rings. The lowest BCUT2D eigenvalue weighted by Gasteiger charge is -2.38. The van der Waals surface area contributed by atoms with Gasteiger partial charge in [-0.2, -0.15) is 0 Å². The molecule has 8 nitrogen and oxygen atoms in total. The number of hydrogen-bond acceptors (Lipinski definition) is 6. The van der Waals surface area contributed by atoms with Gasteiger partial charge in [0.05, 0.1) is 22.5 Å². The van der Waals surface area contributed by atoms with E-state index in [0.29, 0.717) is 40.4 Å². The zero-order chi connectivity index (χ0) is 23.3. The second-order valence-electron chi connectivity index (χ2n) is 8.83. The molecule has 4 heterocycles. The fraction of sp³-hybridized carbons (Fsp3) is 0.333. The standard InChI is InChI=1S/C24H26FN7O/c1-13-9-31(10-14(2)27-13)21-6-5-18(22-19(21)8-26-16(4)29-22)24(33)30-17-7-20(25)23-28-15(3)11-32(23)12-17/h5-8,11-14,27H,9-10H2,1-4H3,(H,30,33)/t13-,14+. The number of anilines is 2. The van der Waals surface area contributed by atoms with E-state index in [1.165, 1.54) is 6.07 Å². The van der Waals surface area contributed by atoms with E-state index < -0.39 is 5.82 Å². The molecular weight excluding hydrogens is 421 g/mol. The molecule has 1 fully saturated rings. The minimum absolute atomic E-state index is 0.225. The summed E-state index contributed by atoms with van der Waals surface area (Å²) in [6, 6.07) is 5.70. The SMILES string of the molecule is Cc1cn2cc(NC(=O)c3ccc(N4C[C@@H](C)N[C@@H](C)C4)c4cnc(C)nc34)cc(F)c2n1. The lowest BCUT2D eigenvalue weighted by molar-refractivity contribution is 0.102. The molecule has 0 unspecified atom stereocenters. The van der Waals surface area contributed by atoms with Crippen LogP contribution in [-0.2, 0) is 0 Å². The molecule has 1 aromatic carbocycles. The number of hydrogen-bond donors (Lipinski definition) is 2. The van der Waals surface area contributed by atoms with Crippen LogP contribution in [0.4, 0.5) is 15.8 Å². The van der Waals surface area contributed by atoms with Gasteiger partial charge in [-0.25, -0.2) is 19.3 Å². The topological polar surface area (TPSA) is 87.5 Å². The number of amides is 1. The van der Waals surface area contributed by atoms with E-state index in [2.05, 4.69) is 44.3 Å². The molecule has 0 saturated carbocycles. The number of nitrogens with zero attached hydrogens (tertiary/aromatic N) is 5. The number of carbonyl (C=O) groups is 1. The smallest absolute Gasteiger partial charge is 0.257 e. The number of pyridine rings is 1. The highest BCUT2D eigenvalue weighted by Gasteiger charge is 2.24. The average Bonchev–Trinajstić information content (AvgIpc) is 3.12. The molecule has 170 valence electrons. The van der Waals surface area contributed by atoms with Crippen LogP contribution in [0.25, 0.3) is 16.6 Å². The van der Waals surface area contributed by atoms with Gasteiger partial charge in [0, 0.05) is 60.9 Å². The monoisotopic (exact) mass is 447 g/mol. The van der Waals surface area contributed by atoms with Crippen LogP contribution in [0.3, 0.4) is 0 Å². The predicted octanol–water partition coefficient (Wildman–Crippen LogP) is 3.47. The summed E-state index contributed by atoms with van der Waals surface area (Å²) in [5.74, 6) is -0.277. The molecule has 1 aliphatic heterocycles. The van der Waals surface area contributed by atoms with Crippen LogP contribution < -0.4 is 15.5 Å². The van der Waals surface area contributed by atoms with Gasteiger partial charge < -0.3 is 19.9 Å². The summed E-state index contributed by atoms with van der Waals surface area (Å²) in [7, 11) is 0. The van der Waals surface area contributed by atoms with Crippen LogP contribution in [0.15, 0.2) is 36.8 Å². The van der Waals surface area contributed by atoms with Crippen molar-refractivity contribution in [2.45, 2.75) is 39.8 Å². The summed E-state index contributed by atoms with van der Waals surface area (Å²) in [5, 5.41) is 7.17. The quantitative estimate of drug-likeness (QED) is 0.500. The first-order chi connectivity index (χ1) is 15.8. The fourth-order valence-electron chi connectivity index (χ4n) is 4.62. The van der Waals surface area contributed by atoms with Gasteiger partial charge >= 0.3 is 0 Å². The van der Waals surface area contributed by atoms with Gasteiger partial charge in [0.15, 0.2) is 11.5 Å². The molecule has 3 aromatic heterocycles. The Balaban J connectivity index is 1.53. The summed E-state index contributed by atoms with van der Waals surface area (Å²) in [6.45, 7) is 9.61. The normalized spacial score (nSPS) is 18.8. The van der Waals surface area contributed by atoms with E-state index >= 15 is 0 Å². The number of aryl methyl sites for hydroxylation is 2. The zero-order valence-corrected chi connectivity index (χ0v) is 19.1. The average molecular weight is 448 g/mol. The number of piperazine rings is 1. The minimum atomic E-state index is -0.499. The summed E-state index contributed by atoms with van der Waals surface area (Å²) in [6.07, 6.45) is 5.14. The third-order valence-electron chi connectivity index (χ3n) is 5.88. The van der Waals surface area contributed by atoms with Gasteiger partial charge in [0.2, 0.25) is 0 Å². The summed E-state index contributed by atoms with van der Waals surface area (Å²) >= 11 is 0. The third-order valence-corrected chi connectivity index (χ3v) is 5.88. The predicted molar refractivity (Wildman–Crippen MR) is 126 cm³/mol. The van der Waals surface area contributed by atoms with Gasteiger partial charge in [0.25, 0.3) is 5.91 Å². The maximum Gasteiger partial charge on any atom is 0.257 e. The Morgan fingerprint density at radius 3 is 2.67 bits per heavy atom. The van der Waals surface area contributed by atoms with Crippen molar-refractivity contribution in [1.29, 1.82) is 0 Å². The molecule has 0 radical (unpaired) electrons. The van der Waals surface area contributed by atoms with E-state index in [1.807, 2.05) is 6.07 Å². The van der Waals surface area contributed by atoms with Crippen molar-refractivity contribution in [3.8, 4) is 0 Å². The van der Waals surface area contributed by atoms with Crippen LogP contribution in [0.5, 0.6) is 0 Å². The number of benzene rings is 1. The fourth-order valence-corrected chi connectivity index (χ4v) is 4.62. The molecule has 33 heavy (non-hydrogen) atoms. The van der Waals surface area contributed by atoms with Crippen molar-refractivity contribution >= 4 is 33.8 Å². The molecule has 4 aromatic rings. The first kappa shape index (κ1) is 21.3. The minimum Gasteiger partial charge on any atom is -0.368 e. The van der Waals surface area contributed by atoms with Crippen LogP contribution in [-0.4, -0.2) is 50.4 Å². The van der Waals surface area contributed by atoms with Crippen molar-refractivity contribution in [3.05, 3.63) is 59.7 Å². The van der Waals surface area contributed by atoms with Gasteiger partial charge in [-0.05, 0) is 39.8 Å². The van der Waals surface area contributed by atoms with E-state index in [4.69, 9.17) is 0 Å². The Morgan fingerprint density at radius 2 is 1.91 bits per heavy atom. The molecule has 0 spiro atoms. The van der Waals surface area contributed by atoms with Crippen LogP contribution >= 0.6 is 0 Å². The molecule has 9 heteroatoms. The van der Waals surface area contributed by atoms with Crippen molar-refractivity contribution in [2.24, 2.45) is 0 Å². The molecule has 0 aliphatic carbocycles. The second kappa shape index (κ2) is 8.08. The van der Waals surface area contributed by atoms with Crippen LogP contribution in [0.1, 0.15) is 35.7 Å². The second-order valence-corrected chi connectivity index (χ2v) is 8.83. The number of nitrogens with one attached hydrogen (secondary N) is 2. The van der Waals surface area contributed by atoms with Crippen molar-refractivity contribution < 1.29 is 9.18 Å². The summed E-state index contributed by atoms with van der Waals surface area (Å²) in [4.78, 5) is 28.7. The Kier molecular flexibility index (Phi) is 5.20. The van der Waals surface area contributed by atoms with Crippen molar-refractivity contribution in [1.82, 2.24) is 24.7 Å². The van der Waals surface area contributed by atoms with Gasteiger partial charge in [-0.3, -0.25) is 4.79 Å². The highest BCUT2D eigenvalue weighted by atomic mass is 19.1. The Bertz CT molecular complexity index is 1370. The van der Waals surface area contributed by atoms with E-state index in [9.17, 15) is 9.18 Å². The number of imidazole rings is 1. The molecular formula is C24H26FN7O. The van der Waals surface area contributed by atoms with E-state index in [1.54, 1.807) is 42.9 Å². The lowest BCUT2D eigenvalue weighted by Crippen LogP contribution is -2.54. The maximum absolute atomic E-state index is 14.5. The molecule has 5 rings (SSSR count). The molecule has 0 bridgehead atoms. The number of fused-ring (bicyclic) bond motifs is 2. The van der Waals surface area contributed by atoms with Gasteiger partial charge in [-0.1, -0.05) is 0 Å². The highest BCUT2D eigenvalue weighted by molar-refractivity contribution is 6.13. The van der Waals surface area contributed by atoms with Gasteiger partial charge in [0.1, 0.15) is 5.82 Å². The summed E-state index contributed by atoms with van der Waals surface area (Å²) in [5.41, 5.74) is 3.26. The first-order valence-electron chi connectivity index (χ1n) is 11.0. The van der Waals surface area contributed by atoms with Crippen LogP contribution in [0, 0.1) is 19.7 Å². The number of carbonyl (C=O) groups excluding carboxylic acids is 1. The Morgan fingerprint density at radius 1 is 1.15 bits per heavy atom. The zero-order valence-electron chi connectivity index (χ0n) is 19.1. The highest BCUT2D eigenvalue weighted by Crippen LogP contribution is 2.30. The third kappa shape index (κ3) is 4.00. The molecule has 1 amide bonds. The largest absolute Gasteiger partial charge is 0.368 e. The lowest BCUT2D eigenvalue weighted by atomic mass is 10.0. The number of aromatic nitrogens is 4. The van der Waals surface area contributed by atoms with Crippen LogP contribution in [0.2, 0.25) is 0 Å². The maximum atomic E-state index is 14.5. The van der Waals surface area contributed by atoms with Crippen molar-refractivity contribution in [2.75, 3.05) is 23.3 Å². The molecule has 1 saturated heterocycles. The van der Waals surface area contributed by atoms with E-state index in [-0.39, 0.29) is 11.6 Å². The number of rotatable bonds is 3. The Hall–Kier alpha value is -3.59. The van der Waals surface area contributed by atoms with E-state index in [0.717, 1.165) is 24.2 Å². The number of halogens is 1. The summed E-state index contributed by atoms with van der Waals surface area (Å²) < 4.78 is 16.0. The first-order valence-corrected chi connectivity index (χ1v) is 11.0. The molecule has 2 atom stereocenters.